The van der Waals surface area contributed by atoms with Gasteiger partial charge < -0.3 is 11.1 Å². The van der Waals surface area contributed by atoms with Crippen LogP contribution in [0.15, 0.2) is 18.2 Å². The lowest BCUT2D eigenvalue weighted by molar-refractivity contribution is -0.117. The minimum absolute atomic E-state index is 0.0138. The largest absolute Gasteiger partial charge is 0.399 e. The Labute approximate surface area is 126 Å². The van der Waals surface area contributed by atoms with E-state index in [-0.39, 0.29) is 5.91 Å². The highest BCUT2D eigenvalue weighted by Gasteiger charge is 2.15. The van der Waals surface area contributed by atoms with E-state index in [1.54, 1.807) is 6.07 Å². The number of nitrogens with two attached hydrogens (primary N) is 1. The fourth-order valence-corrected chi connectivity index (χ4v) is 3.00. The highest BCUT2D eigenvalue weighted by Crippen LogP contribution is 2.17. The van der Waals surface area contributed by atoms with Gasteiger partial charge in [-0.1, -0.05) is 6.92 Å². The molecular formula is C15H25N3OS. The second kappa shape index (κ2) is 8.17. The second-order valence-corrected chi connectivity index (χ2v) is 5.97. The number of carbonyl (C=O) groups excluding carboxylic acids is 1. The number of likely N-dealkylation sites (N-methyl/N-ethyl adjacent to an activating group) is 1. The minimum atomic E-state index is 0.0138. The van der Waals surface area contributed by atoms with Crippen LogP contribution in [0.25, 0.3) is 0 Å². The van der Waals surface area contributed by atoms with Gasteiger partial charge in [0.25, 0.3) is 0 Å². The number of rotatable bonds is 7. The van der Waals surface area contributed by atoms with E-state index in [1.165, 1.54) is 0 Å². The Morgan fingerprint density at radius 2 is 2.20 bits per heavy atom. The standard InChI is InChI=1S/C15H25N3OS/c1-5-13(10-20-4)18(3)9-15(19)17-14-7-6-12(16)8-11(14)2/h6-8,13H,5,9-10,16H2,1-4H3,(H,17,19). The lowest BCUT2D eigenvalue weighted by Gasteiger charge is -2.26. The van der Waals surface area contributed by atoms with Crippen molar-refractivity contribution < 1.29 is 4.79 Å². The molecule has 1 atom stereocenters. The van der Waals surface area contributed by atoms with Crippen molar-refractivity contribution in [2.45, 2.75) is 26.3 Å². The quantitative estimate of drug-likeness (QED) is 0.759. The van der Waals surface area contributed by atoms with Crippen LogP contribution in [0.5, 0.6) is 0 Å². The second-order valence-electron chi connectivity index (χ2n) is 5.06. The van der Waals surface area contributed by atoms with Gasteiger partial charge in [-0.3, -0.25) is 9.69 Å². The number of carbonyl (C=O) groups is 1. The molecule has 0 saturated carbocycles. The predicted molar refractivity (Wildman–Crippen MR) is 89.3 cm³/mol. The predicted octanol–water partition coefficient (Wildman–Crippen LogP) is 2.59. The van der Waals surface area contributed by atoms with Gasteiger partial charge in [0, 0.05) is 23.2 Å². The summed E-state index contributed by atoms with van der Waals surface area (Å²) < 4.78 is 0. The molecule has 0 radical (unpaired) electrons. The minimum Gasteiger partial charge on any atom is -0.399 e. The van der Waals surface area contributed by atoms with Crippen LogP contribution in [0, 0.1) is 6.92 Å². The fourth-order valence-electron chi connectivity index (χ4n) is 2.12. The first-order chi connectivity index (χ1) is 9.47. The lowest BCUT2D eigenvalue weighted by Crippen LogP contribution is -2.39. The van der Waals surface area contributed by atoms with Gasteiger partial charge in [0.1, 0.15) is 0 Å². The van der Waals surface area contributed by atoms with Gasteiger partial charge in [0.2, 0.25) is 5.91 Å². The van der Waals surface area contributed by atoms with Gasteiger partial charge in [-0.25, -0.2) is 0 Å². The van der Waals surface area contributed by atoms with Gasteiger partial charge in [0.15, 0.2) is 0 Å². The molecule has 0 aliphatic heterocycles. The smallest absolute Gasteiger partial charge is 0.238 e. The molecular weight excluding hydrogens is 270 g/mol. The molecule has 4 nitrogen and oxygen atoms in total. The number of nitrogens with zero attached hydrogens (tertiary/aromatic N) is 1. The molecule has 0 saturated heterocycles. The molecule has 0 spiro atoms. The maximum atomic E-state index is 12.1. The SMILES string of the molecule is CCC(CSC)N(C)CC(=O)Nc1ccc(N)cc1C. The number of benzene rings is 1. The van der Waals surface area contributed by atoms with Crippen LogP contribution in [-0.4, -0.2) is 42.4 Å². The molecule has 0 bridgehead atoms. The van der Waals surface area contributed by atoms with Crippen LogP contribution in [0.1, 0.15) is 18.9 Å². The molecule has 0 fully saturated rings. The molecule has 0 aromatic heterocycles. The Hall–Kier alpha value is -1.20. The van der Waals surface area contributed by atoms with Crippen molar-refractivity contribution in [2.24, 2.45) is 0 Å². The molecule has 112 valence electrons. The van der Waals surface area contributed by atoms with Crippen molar-refractivity contribution in [3.05, 3.63) is 23.8 Å². The van der Waals surface area contributed by atoms with Crippen molar-refractivity contribution in [1.82, 2.24) is 4.90 Å². The number of hydrogen-bond donors (Lipinski definition) is 2. The summed E-state index contributed by atoms with van der Waals surface area (Å²) in [5.41, 5.74) is 8.23. The summed E-state index contributed by atoms with van der Waals surface area (Å²) in [7, 11) is 2.00. The summed E-state index contributed by atoms with van der Waals surface area (Å²) in [5, 5.41) is 2.95. The molecule has 0 aliphatic carbocycles. The van der Waals surface area contributed by atoms with E-state index >= 15 is 0 Å². The van der Waals surface area contributed by atoms with E-state index in [4.69, 9.17) is 5.73 Å². The van der Waals surface area contributed by atoms with Crippen LogP contribution >= 0.6 is 11.8 Å². The van der Waals surface area contributed by atoms with Gasteiger partial charge >= 0.3 is 0 Å². The molecule has 20 heavy (non-hydrogen) atoms. The Bertz CT molecular complexity index is 451. The zero-order valence-electron chi connectivity index (χ0n) is 12.8. The topological polar surface area (TPSA) is 58.4 Å². The first-order valence-electron chi connectivity index (χ1n) is 6.83. The third-order valence-corrected chi connectivity index (χ3v) is 4.09. The maximum Gasteiger partial charge on any atom is 0.238 e. The van der Waals surface area contributed by atoms with Crippen LogP contribution in [-0.2, 0) is 4.79 Å². The third-order valence-electron chi connectivity index (χ3n) is 3.37. The lowest BCUT2D eigenvalue weighted by atomic mass is 10.2. The van der Waals surface area contributed by atoms with Crippen molar-refractivity contribution in [2.75, 3.05) is 36.7 Å². The highest BCUT2D eigenvalue weighted by molar-refractivity contribution is 7.98. The van der Waals surface area contributed by atoms with E-state index in [1.807, 2.05) is 37.9 Å². The van der Waals surface area contributed by atoms with Crippen molar-refractivity contribution >= 4 is 29.0 Å². The summed E-state index contributed by atoms with van der Waals surface area (Å²) in [6.07, 6.45) is 3.14. The molecule has 1 unspecified atom stereocenters. The highest BCUT2D eigenvalue weighted by atomic mass is 32.2. The molecule has 1 rings (SSSR count). The van der Waals surface area contributed by atoms with Crippen LogP contribution in [0.3, 0.4) is 0 Å². The number of nitrogens with one attached hydrogen (secondary N) is 1. The molecule has 5 heteroatoms. The monoisotopic (exact) mass is 295 g/mol. The van der Waals surface area contributed by atoms with E-state index in [0.717, 1.165) is 23.4 Å². The van der Waals surface area contributed by atoms with E-state index in [2.05, 4.69) is 23.4 Å². The van der Waals surface area contributed by atoms with E-state index < -0.39 is 0 Å². The Kier molecular flexibility index (Phi) is 6.88. The van der Waals surface area contributed by atoms with Gasteiger partial charge in [-0.15, -0.1) is 0 Å². The van der Waals surface area contributed by atoms with Gasteiger partial charge in [0.05, 0.1) is 6.54 Å². The molecule has 3 N–H and O–H groups in total. The molecule has 1 amide bonds. The van der Waals surface area contributed by atoms with E-state index in [9.17, 15) is 4.79 Å². The Morgan fingerprint density at radius 3 is 2.75 bits per heavy atom. The average molecular weight is 295 g/mol. The summed E-state index contributed by atoms with van der Waals surface area (Å²) >= 11 is 1.81. The average Bonchev–Trinajstić information content (AvgIpc) is 2.39. The van der Waals surface area contributed by atoms with Crippen molar-refractivity contribution in [3.8, 4) is 0 Å². The van der Waals surface area contributed by atoms with E-state index in [0.29, 0.717) is 18.3 Å². The number of thioether (sulfide) groups is 1. The zero-order chi connectivity index (χ0) is 15.1. The van der Waals surface area contributed by atoms with Gasteiger partial charge in [-0.05, 0) is 50.4 Å². The number of nitrogen functional groups attached to an aromatic ring is 1. The number of amides is 1. The number of aryl methyl sites for hydroxylation is 1. The van der Waals surface area contributed by atoms with Crippen LogP contribution in [0.2, 0.25) is 0 Å². The van der Waals surface area contributed by atoms with Crippen molar-refractivity contribution in [3.63, 3.8) is 0 Å². The molecule has 0 aliphatic rings. The summed E-state index contributed by atoms with van der Waals surface area (Å²) in [6, 6.07) is 5.95. The Balaban J connectivity index is 2.58. The molecule has 1 aromatic carbocycles. The molecule has 1 aromatic rings. The van der Waals surface area contributed by atoms with Crippen molar-refractivity contribution in [1.29, 1.82) is 0 Å². The third kappa shape index (κ3) is 5.06. The maximum absolute atomic E-state index is 12.1. The normalized spacial score (nSPS) is 12.4. The van der Waals surface area contributed by atoms with Gasteiger partial charge in [-0.2, -0.15) is 11.8 Å². The zero-order valence-corrected chi connectivity index (χ0v) is 13.6. The van der Waals surface area contributed by atoms with Crippen LogP contribution < -0.4 is 11.1 Å². The summed E-state index contributed by atoms with van der Waals surface area (Å²) in [4.78, 5) is 14.2. The summed E-state index contributed by atoms with van der Waals surface area (Å²) in [6.45, 7) is 4.50. The van der Waals surface area contributed by atoms with Crippen LogP contribution in [0.4, 0.5) is 11.4 Å². The Morgan fingerprint density at radius 1 is 1.50 bits per heavy atom. The first-order valence-corrected chi connectivity index (χ1v) is 8.22. The fraction of sp³-hybridized carbons (Fsp3) is 0.533. The summed E-state index contributed by atoms with van der Waals surface area (Å²) in [5.74, 6) is 1.06. The number of anilines is 2. The number of hydrogen-bond acceptors (Lipinski definition) is 4. The first kappa shape index (κ1) is 16.9. The molecule has 0 heterocycles.